The standard InChI is InChI=1S/C14H14FN3/c1-8-16-7-13-14-10(4-5-18(8)13)11-6-9(15)2-3-12(11)17-14/h2-3,6-8,16-17H,4-5H2,1H3. The molecule has 3 heterocycles. The van der Waals surface area contributed by atoms with Crippen molar-refractivity contribution in [1.82, 2.24) is 15.2 Å². The third kappa shape index (κ3) is 1.17. The van der Waals surface area contributed by atoms with Crippen LogP contribution in [0.25, 0.3) is 16.6 Å². The number of benzene rings is 1. The number of halogens is 1. The Labute approximate surface area is 104 Å². The first kappa shape index (κ1) is 10.00. The van der Waals surface area contributed by atoms with Crippen molar-refractivity contribution in [3.8, 4) is 0 Å². The highest BCUT2D eigenvalue weighted by atomic mass is 19.1. The first-order chi connectivity index (χ1) is 8.74. The number of nitrogens with zero attached hydrogens (tertiary/aromatic N) is 1. The van der Waals surface area contributed by atoms with Crippen molar-refractivity contribution in [3.05, 3.63) is 41.5 Å². The van der Waals surface area contributed by atoms with E-state index >= 15 is 0 Å². The summed E-state index contributed by atoms with van der Waals surface area (Å²) < 4.78 is 13.4. The number of rotatable bonds is 0. The van der Waals surface area contributed by atoms with E-state index in [1.165, 1.54) is 17.3 Å². The Morgan fingerprint density at radius 3 is 3.17 bits per heavy atom. The molecule has 0 aliphatic carbocycles. The molecular formula is C14H14FN3. The Kier molecular flexibility index (Phi) is 1.82. The summed E-state index contributed by atoms with van der Waals surface area (Å²) in [5, 5.41) is 4.35. The van der Waals surface area contributed by atoms with Crippen molar-refractivity contribution in [1.29, 1.82) is 0 Å². The van der Waals surface area contributed by atoms with Crippen LogP contribution in [0.3, 0.4) is 0 Å². The van der Waals surface area contributed by atoms with Crippen LogP contribution in [0, 0.1) is 5.82 Å². The van der Waals surface area contributed by atoms with E-state index in [1.54, 1.807) is 6.07 Å². The summed E-state index contributed by atoms with van der Waals surface area (Å²) in [6.45, 7) is 3.13. The largest absolute Gasteiger partial charge is 0.370 e. The molecule has 2 N–H and O–H groups in total. The van der Waals surface area contributed by atoms with E-state index in [2.05, 4.69) is 22.1 Å². The van der Waals surface area contributed by atoms with Gasteiger partial charge in [0.15, 0.2) is 0 Å². The van der Waals surface area contributed by atoms with Gasteiger partial charge in [0.05, 0.1) is 17.6 Å². The lowest BCUT2D eigenvalue weighted by Crippen LogP contribution is -2.37. The van der Waals surface area contributed by atoms with Crippen LogP contribution in [0.1, 0.15) is 18.2 Å². The summed E-state index contributed by atoms with van der Waals surface area (Å²) in [7, 11) is 0. The molecule has 3 nitrogen and oxygen atoms in total. The lowest BCUT2D eigenvalue weighted by atomic mass is 10.0. The third-order valence-electron chi connectivity index (χ3n) is 3.97. The van der Waals surface area contributed by atoms with Crippen molar-refractivity contribution < 1.29 is 4.39 Å². The first-order valence-corrected chi connectivity index (χ1v) is 6.27. The predicted octanol–water partition coefficient (Wildman–Crippen LogP) is 2.41. The van der Waals surface area contributed by atoms with Crippen LogP contribution in [-0.4, -0.2) is 22.6 Å². The number of hydrogen-bond acceptors (Lipinski definition) is 2. The zero-order valence-corrected chi connectivity index (χ0v) is 10.1. The summed E-state index contributed by atoms with van der Waals surface area (Å²) in [5.41, 5.74) is 4.59. The quantitative estimate of drug-likeness (QED) is 0.744. The van der Waals surface area contributed by atoms with Crippen LogP contribution >= 0.6 is 0 Å². The molecule has 1 aromatic heterocycles. The van der Waals surface area contributed by atoms with E-state index in [1.807, 2.05) is 12.3 Å². The van der Waals surface area contributed by atoms with E-state index in [-0.39, 0.29) is 5.82 Å². The number of hydrogen-bond donors (Lipinski definition) is 2. The fourth-order valence-corrected chi connectivity index (χ4v) is 3.04. The maximum Gasteiger partial charge on any atom is 0.123 e. The highest BCUT2D eigenvalue weighted by Crippen LogP contribution is 2.36. The van der Waals surface area contributed by atoms with E-state index < -0.39 is 0 Å². The summed E-state index contributed by atoms with van der Waals surface area (Å²) in [4.78, 5) is 5.76. The van der Waals surface area contributed by atoms with E-state index in [0.717, 1.165) is 29.6 Å². The van der Waals surface area contributed by atoms with Crippen LogP contribution < -0.4 is 5.32 Å². The van der Waals surface area contributed by atoms with Gasteiger partial charge in [0, 0.05) is 23.6 Å². The molecular weight excluding hydrogens is 229 g/mol. The van der Waals surface area contributed by atoms with Gasteiger partial charge in [0.2, 0.25) is 0 Å². The molecule has 0 saturated carbocycles. The van der Waals surface area contributed by atoms with Gasteiger partial charge in [0.1, 0.15) is 5.82 Å². The van der Waals surface area contributed by atoms with Gasteiger partial charge in [-0.05, 0) is 37.1 Å². The van der Waals surface area contributed by atoms with Gasteiger partial charge in [-0.3, -0.25) is 0 Å². The molecule has 1 atom stereocenters. The normalized spacial score (nSPS) is 21.6. The molecule has 92 valence electrons. The maximum absolute atomic E-state index is 13.4. The molecule has 4 heteroatoms. The monoisotopic (exact) mass is 243 g/mol. The molecule has 1 aromatic carbocycles. The van der Waals surface area contributed by atoms with Gasteiger partial charge in [-0.15, -0.1) is 0 Å². The summed E-state index contributed by atoms with van der Waals surface area (Å²) >= 11 is 0. The van der Waals surface area contributed by atoms with Crippen LogP contribution in [0.2, 0.25) is 0 Å². The van der Waals surface area contributed by atoms with Gasteiger partial charge in [0.25, 0.3) is 0 Å². The first-order valence-electron chi connectivity index (χ1n) is 6.27. The fraction of sp³-hybridized carbons (Fsp3) is 0.286. The van der Waals surface area contributed by atoms with E-state index in [4.69, 9.17) is 0 Å². The smallest absolute Gasteiger partial charge is 0.123 e. The average molecular weight is 243 g/mol. The second-order valence-electron chi connectivity index (χ2n) is 4.98. The summed E-state index contributed by atoms with van der Waals surface area (Å²) in [6, 6.07) is 4.96. The van der Waals surface area contributed by atoms with Crippen molar-refractivity contribution in [3.63, 3.8) is 0 Å². The van der Waals surface area contributed by atoms with Crippen LogP contribution in [0.5, 0.6) is 0 Å². The van der Waals surface area contributed by atoms with Crippen LogP contribution in [0.15, 0.2) is 24.4 Å². The lowest BCUT2D eigenvalue weighted by Gasteiger charge is -2.30. The van der Waals surface area contributed by atoms with Crippen molar-refractivity contribution in [2.75, 3.05) is 6.54 Å². The molecule has 1 unspecified atom stereocenters. The molecule has 0 amide bonds. The number of fused-ring (bicyclic) bond motifs is 5. The Morgan fingerprint density at radius 1 is 1.39 bits per heavy atom. The SMILES string of the molecule is CC1NC=C2c3[nH]c4ccc(F)cc4c3CCN21. The highest BCUT2D eigenvalue weighted by Gasteiger charge is 2.30. The van der Waals surface area contributed by atoms with Gasteiger partial charge in [-0.2, -0.15) is 0 Å². The maximum atomic E-state index is 13.4. The molecule has 2 aliphatic heterocycles. The molecule has 4 rings (SSSR count). The Bertz CT molecular complexity index is 671. The van der Waals surface area contributed by atoms with Crippen LogP contribution in [-0.2, 0) is 6.42 Å². The number of nitrogens with one attached hydrogen (secondary N) is 2. The molecule has 0 saturated heterocycles. The zero-order valence-electron chi connectivity index (χ0n) is 10.1. The number of aromatic nitrogens is 1. The molecule has 0 radical (unpaired) electrons. The van der Waals surface area contributed by atoms with Gasteiger partial charge >= 0.3 is 0 Å². The second-order valence-corrected chi connectivity index (χ2v) is 4.98. The second kappa shape index (κ2) is 3.28. The van der Waals surface area contributed by atoms with Crippen LogP contribution in [0.4, 0.5) is 4.39 Å². The van der Waals surface area contributed by atoms with E-state index in [9.17, 15) is 4.39 Å². The topological polar surface area (TPSA) is 31.1 Å². The molecule has 18 heavy (non-hydrogen) atoms. The van der Waals surface area contributed by atoms with Crippen molar-refractivity contribution in [2.45, 2.75) is 19.5 Å². The highest BCUT2D eigenvalue weighted by molar-refractivity contribution is 5.90. The van der Waals surface area contributed by atoms with Crippen molar-refractivity contribution >= 4 is 16.6 Å². The summed E-state index contributed by atoms with van der Waals surface area (Å²) in [6.07, 6.45) is 3.35. The third-order valence-corrected chi connectivity index (χ3v) is 3.97. The molecule has 0 bridgehead atoms. The zero-order chi connectivity index (χ0) is 12.3. The minimum absolute atomic E-state index is 0.168. The van der Waals surface area contributed by atoms with Gasteiger partial charge < -0.3 is 15.2 Å². The minimum Gasteiger partial charge on any atom is -0.370 e. The Morgan fingerprint density at radius 2 is 2.28 bits per heavy atom. The molecule has 2 aromatic rings. The number of aromatic amines is 1. The molecule has 0 fully saturated rings. The molecule has 0 spiro atoms. The Hall–Kier alpha value is -1.97. The van der Waals surface area contributed by atoms with Crippen molar-refractivity contribution in [2.24, 2.45) is 0 Å². The average Bonchev–Trinajstić information content (AvgIpc) is 2.90. The van der Waals surface area contributed by atoms with Gasteiger partial charge in [-0.1, -0.05) is 0 Å². The lowest BCUT2D eigenvalue weighted by molar-refractivity contribution is 0.308. The van der Waals surface area contributed by atoms with E-state index in [0.29, 0.717) is 6.17 Å². The van der Waals surface area contributed by atoms with Gasteiger partial charge in [-0.25, -0.2) is 4.39 Å². The Balaban J connectivity index is 1.97. The summed E-state index contributed by atoms with van der Waals surface area (Å²) in [5.74, 6) is -0.168. The minimum atomic E-state index is -0.168. The number of H-pyrrole nitrogens is 1. The predicted molar refractivity (Wildman–Crippen MR) is 69.2 cm³/mol. The fourth-order valence-electron chi connectivity index (χ4n) is 3.04. The molecule has 2 aliphatic rings.